The van der Waals surface area contributed by atoms with Crippen LogP contribution in [0.5, 0.6) is 17.6 Å². The Labute approximate surface area is 153 Å². The molecule has 1 aromatic heterocycles. The van der Waals surface area contributed by atoms with Gasteiger partial charge in [-0.3, -0.25) is 4.79 Å². The summed E-state index contributed by atoms with van der Waals surface area (Å²) in [6.45, 7) is 7.32. The summed E-state index contributed by atoms with van der Waals surface area (Å²) in [6.07, 6.45) is 3.55. The first kappa shape index (κ1) is 19.5. The molecule has 0 radical (unpaired) electrons. The van der Waals surface area contributed by atoms with Crippen molar-refractivity contribution in [2.45, 2.75) is 33.6 Å². The summed E-state index contributed by atoms with van der Waals surface area (Å²) in [7, 11) is 0. The summed E-state index contributed by atoms with van der Waals surface area (Å²) in [4.78, 5) is 20.7. The second-order valence-electron chi connectivity index (χ2n) is 5.42. The van der Waals surface area contributed by atoms with E-state index in [0.717, 1.165) is 18.6 Å². The number of carbonyl (C=O) groups excluding carboxylic acids is 1. The van der Waals surface area contributed by atoms with Gasteiger partial charge in [0, 0.05) is 5.56 Å². The van der Waals surface area contributed by atoms with Crippen molar-refractivity contribution in [1.29, 1.82) is 0 Å². The number of anilines is 1. The van der Waals surface area contributed by atoms with Gasteiger partial charge in [0.25, 0.3) is 5.91 Å². The fourth-order valence-electron chi connectivity index (χ4n) is 2.11. The van der Waals surface area contributed by atoms with Gasteiger partial charge in [-0.25, -0.2) is 4.98 Å². The first-order valence-electron chi connectivity index (χ1n) is 8.84. The number of benzene rings is 1. The van der Waals surface area contributed by atoms with Crippen molar-refractivity contribution in [3.8, 4) is 17.6 Å². The number of nitrogens with zero attached hydrogens (tertiary/aromatic N) is 2. The number of hydrogen-bond acceptors (Lipinski definition) is 6. The van der Waals surface area contributed by atoms with E-state index in [0.29, 0.717) is 31.1 Å². The number of aromatic nitrogens is 2. The van der Waals surface area contributed by atoms with Crippen molar-refractivity contribution in [3.05, 3.63) is 36.0 Å². The maximum Gasteiger partial charge on any atom is 0.319 e. The molecule has 1 heterocycles. The van der Waals surface area contributed by atoms with Crippen LogP contribution < -0.4 is 19.5 Å². The third kappa shape index (κ3) is 5.61. The first-order chi connectivity index (χ1) is 12.7. The van der Waals surface area contributed by atoms with E-state index in [1.807, 2.05) is 13.8 Å². The lowest BCUT2D eigenvalue weighted by Crippen LogP contribution is -2.14. The molecular weight excluding hydrogens is 334 g/mol. The molecule has 7 nitrogen and oxygen atoms in total. The highest BCUT2D eigenvalue weighted by Crippen LogP contribution is 2.24. The zero-order valence-electron chi connectivity index (χ0n) is 15.4. The number of unbranched alkanes of at least 4 members (excludes halogenated alkanes) is 1. The Morgan fingerprint density at radius 1 is 1.04 bits per heavy atom. The molecule has 0 unspecified atom stereocenters. The number of amides is 1. The number of carbonyl (C=O) groups is 1. The Hall–Kier alpha value is -2.83. The Morgan fingerprint density at radius 2 is 1.77 bits per heavy atom. The lowest BCUT2D eigenvalue weighted by molar-refractivity contribution is 0.102. The second-order valence-corrected chi connectivity index (χ2v) is 5.42. The van der Waals surface area contributed by atoms with Crippen LogP contribution >= 0.6 is 0 Å². The van der Waals surface area contributed by atoms with Gasteiger partial charge in [-0.2, -0.15) is 4.98 Å². The molecule has 1 aromatic carbocycles. The summed E-state index contributed by atoms with van der Waals surface area (Å²) in [5, 5.41) is 2.77. The molecule has 1 amide bonds. The van der Waals surface area contributed by atoms with Crippen molar-refractivity contribution in [2.24, 2.45) is 0 Å². The van der Waals surface area contributed by atoms with Crippen LogP contribution in [0.25, 0.3) is 0 Å². The van der Waals surface area contributed by atoms with Crippen LogP contribution in [0, 0.1) is 0 Å². The van der Waals surface area contributed by atoms with E-state index in [9.17, 15) is 4.79 Å². The highest BCUT2D eigenvalue weighted by Gasteiger charge is 2.13. The smallest absolute Gasteiger partial charge is 0.319 e. The van der Waals surface area contributed by atoms with Crippen molar-refractivity contribution in [3.63, 3.8) is 0 Å². The average molecular weight is 359 g/mol. The summed E-state index contributed by atoms with van der Waals surface area (Å²) >= 11 is 0. The molecule has 0 aliphatic carbocycles. The number of rotatable bonds is 10. The molecule has 1 N–H and O–H groups in total. The molecule has 0 bridgehead atoms. The highest BCUT2D eigenvalue weighted by molar-refractivity contribution is 6.04. The molecular formula is C19H25N3O4. The molecule has 0 atom stereocenters. The zero-order valence-corrected chi connectivity index (χ0v) is 15.4. The molecule has 0 aliphatic heterocycles. The van der Waals surface area contributed by atoms with E-state index in [2.05, 4.69) is 22.2 Å². The maximum absolute atomic E-state index is 12.5. The molecule has 0 aliphatic rings. The number of hydrogen-bond donors (Lipinski definition) is 1. The minimum Gasteiger partial charge on any atom is -0.494 e. The molecule has 140 valence electrons. The normalized spacial score (nSPS) is 10.3. The van der Waals surface area contributed by atoms with Crippen LogP contribution in [-0.2, 0) is 0 Å². The Kier molecular flexibility index (Phi) is 7.67. The van der Waals surface area contributed by atoms with Gasteiger partial charge >= 0.3 is 6.01 Å². The van der Waals surface area contributed by atoms with Crippen LogP contribution in [0.4, 0.5) is 5.69 Å². The predicted octanol–water partition coefficient (Wildman–Crippen LogP) is 3.71. The minimum atomic E-state index is -0.279. The molecule has 7 heteroatoms. The van der Waals surface area contributed by atoms with Crippen LogP contribution in [0.3, 0.4) is 0 Å². The lowest BCUT2D eigenvalue weighted by Gasteiger charge is -2.12. The van der Waals surface area contributed by atoms with E-state index in [1.54, 1.807) is 24.3 Å². The van der Waals surface area contributed by atoms with Crippen molar-refractivity contribution < 1.29 is 19.0 Å². The molecule has 26 heavy (non-hydrogen) atoms. The van der Waals surface area contributed by atoms with Crippen LogP contribution in [0.15, 0.2) is 30.5 Å². The summed E-state index contributed by atoms with van der Waals surface area (Å²) < 4.78 is 16.3. The molecule has 0 spiro atoms. The van der Waals surface area contributed by atoms with E-state index >= 15 is 0 Å². The predicted molar refractivity (Wildman–Crippen MR) is 99.2 cm³/mol. The third-order valence-electron chi connectivity index (χ3n) is 3.42. The molecule has 2 aromatic rings. The first-order valence-corrected chi connectivity index (χ1v) is 8.84. The quantitative estimate of drug-likeness (QED) is 0.651. The standard InChI is InChI=1S/C19H25N3O4/c1-4-7-12-26-15-10-8-14(9-11-15)17(23)21-16-13-20-19(25-6-3)22-18(16)24-5-2/h8-11,13H,4-7,12H2,1-3H3,(H,21,23). The zero-order chi connectivity index (χ0) is 18.8. The SMILES string of the molecule is CCCCOc1ccc(C(=O)Nc2cnc(OCC)nc2OCC)cc1. The topological polar surface area (TPSA) is 82.6 Å². The van der Waals surface area contributed by atoms with Gasteiger partial charge in [0.15, 0.2) is 0 Å². The van der Waals surface area contributed by atoms with Gasteiger partial charge < -0.3 is 19.5 Å². The van der Waals surface area contributed by atoms with Gasteiger partial charge in [0.2, 0.25) is 5.88 Å². The number of ether oxygens (including phenoxy) is 3. The lowest BCUT2D eigenvalue weighted by atomic mass is 10.2. The van der Waals surface area contributed by atoms with E-state index in [1.165, 1.54) is 6.20 Å². The molecule has 0 saturated heterocycles. The Balaban J connectivity index is 2.06. The van der Waals surface area contributed by atoms with Gasteiger partial charge in [0.05, 0.1) is 26.0 Å². The van der Waals surface area contributed by atoms with Crippen LogP contribution in [-0.4, -0.2) is 35.7 Å². The second kappa shape index (κ2) is 10.2. The van der Waals surface area contributed by atoms with Crippen molar-refractivity contribution in [1.82, 2.24) is 9.97 Å². The summed E-state index contributed by atoms with van der Waals surface area (Å²) in [6, 6.07) is 7.20. The van der Waals surface area contributed by atoms with Crippen molar-refractivity contribution in [2.75, 3.05) is 25.1 Å². The van der Waals surface area contributed by atoms with Crippen LogP contribution in [0.2, 0.25) is 0 Å². The Bertz CT molecular complexity index is 704. The minimum absolute atomic E-state index is 0.211. The van der Waals surface area contributed by atoms with Gasteiger partial charge in [-0.1, -0.05) is 13.3 Å². The van der Waals surface area contributed by atoms with Crippen LogP contribution in [0.1, 0.15) is 44.0 Å². The third-order valence-corrected chi connectivity index (χ3v) is 3.42. The summed E-state index contributed by atoms with van der Waals surface area (Å²) in [5.74, 6) is 0.743. The molecule has 0 fully saturated rings. The van der Waals surface area contributed by atoms with Gasteiger partial charge in [-0.05, 0) is 44.5 Å². The number of nitrogens with one attached hydrogen (secondary N) is 1. The van der Waals surface area contributed by atoms with E-state index in [4.69, 9.17) is 14.2 Å². The van der Waals surface area contributed by atoms with E-state index < -0.39 is 0 Å². The molecule has 0 saturated carbocycles. The molecule has 2 rings (SSSR count). The fraction of sp³-hybridized carbons (Fsp3) is 0.421. The largest absolute Gasteiger partial charge is 0.494 e. The Morgan fingerprint density at radius 3 is 2.42 bits per heavy atom. The monoisotopic (exact) mass is 359 g/mol. The van der Waals surface area contributed by atoms with Crippen molar-refractivity contribution >= 4 is 11.6 Å². The maximum atomic E-state index is 12.5. The fourth-order valence-corrected chi connectivity index (χ4v) is 2.11. The highest BCUT2D eigenvalue weighted by atomic mass is 16.5. The van der Waals surface area contributed by atoms with Gasteiger partial charge in [0.1, 0.15) is 11.4 Å². The van der Waals surface area contributed by atoms with Gasteiger partial charge in [-0.15, -0.1) is 0 Å². The average Bonchev–Trinajstić information content (AvgIpc) is 2.65. The summed E-state index contributed by atoms with van der Waals surface area (Å²) in [5.41, 5.74) is 0.896. The van der Waals surface area contributed by atoms with E-state index in [-0.39, 0.29) is 17.8 Å².